The number of amides is 1. The predicted octanol–water partition coefficient (Wildman–Crippen LogP) is 8.01. The Labute approximate surface area is 247 Å². The molecule has 4 rings (SSSR count). The maximum absolute atomic E-state index is 13.0. The van der Waals surface area contributed by atoms with Gasteiger partial charge >= 0.3 is 0 Å². The third kappa shape index (κ3) is 8.33. The van der Waals surface area contributed by atoms with Gasteiger partial charge in [0.25, 0.3) is 5.91 Å². The number of rotatable bonds is 13. The van der Waals surface area contributed by atoms with Crippen molar-refractivity contribution >= 4 is 23.6 Å². The van der Waals surface area contributed by atoms with Gasteiger partial charge in [0.15, 0.2) is 0 Å². The first-order valence-electron chi connectivity index (χ1n) is 14.0. The second kappa shape index (κ2) is 14.9. The van der Waals surface area contributed by atoms with Crippen LogP contribution in [0.4, 0.5) is 0 Å². The van der Waals surface area contributed by atoms with E-state index in [2.05, 4.69) is 25.2 Å². The quantitative estimate of drug-likeness (QED) is 0.131. The van der Waals surface area contributed by atoms with E-state index in [4.69, 9.17) is 21.4 Å². The molecule has 3 aromatic carbocycles. The molecular formula is C34H35ClN4O2. The lowest BCUT2D eigenvalue weighted by molar-refractivity contribution is -0.117. The smallest absolute Gasteiger partial charge is 0.261 e. The normalized spacial score (nSPS) is 12.0. The molecule has 1 unspecified atom stereocenters. The molecule has 0 saturated carbocycles. The van der Waals surface area contributed by atoms with Gasteiger partial charge in [-0.05, 0) is 72.5 Å². The highest BCUT2D eigenvalue weighted by Crippen LogP contribution is 2.28. The summed E-state index contributed by atoms with van der Waals surface area (Å²) >= 11 is 5.97. The van der Waals surface area contributed by atoms with E-state index < -0.39 is 0 Å². The van der Waals surface area contributed by atoms with Crippen molar-refractivity contribution in [2.24, 2.45) is 5.92 Å². The maximum Gasteiger partial charge on any atom is 0.261 e. The zero-order chi connectivity index (χ0) is 29.0. The first kappa shape index (κ1) is 29.6. The highest BCUT2D eigenvalue weighted by Gasteiger charge is 2.16. The van der Waals surface area contributed by atoms with Crippen molar-refractivity contribution in [1.29, 1.82) is 5.26 Å². The molecule has 210 valence electrons. The fourth-order valence-corrected chi connectivity index (χ4v) is 4.59. The van der Waals surface area contributed by atoms with Gasteiger partial charge in [-0.1, -0.05) is 75.0 Å². The summed E-state index contributed by atoms with van der Waals surface area (Å²) < 4.78 is 7.70. The molecule has 0 aliphatic heterocycles. The number of nitrogens with one attached hydrogen (secondary N) is 1. The number of carbonyl (C=O) groups is 1. The Kier molecular flexibility index (Phi) is 10.8. The van der Waals surface area contributed by atoms with E-state index >= 15 is 0 Å². The molecule has 1 heterocycles. The number of unbranched alkanes of at least 4 members (excludes halogenated alkanes) is 1. The van der Waals surface area contributed by atoms with Crippen molar-refractivity contribution < 1.29 is 9.53 Å². The number of benzene rings is 3. The number of halogens is 1. The predicted molar refractivity (Wildman–Crippen MR) is 165 cm³/mol. The van der Waals surface area contributed by atoms with Gasteiger partial charge in [0.05, 0.1) is 11.4 Å². The van der Waals surface area contributed by atoms with Crippen molar-refractivity contribution in [2.45, 2.75) is 46.1 Å². The lowest BCUT2D eigenvalue weighted by atomic mass is 9.99. The third-order valence-corrected chi connectivity index (χ3v) is 7.22. The summed E-state index contributed by atoms with van der Waals surface area (Å²) in [6.07, 6.45) is 7.76. The van der Waals surface area contributed by atoms with Gasteiger partial charge in [-0.25, -0.2) is 4.68 Å². The number of carbonyl (C=O) groups excluding carboxylic acids is 1. The molecule has 1 aromatic heterocycles. The fraction of sp³-hybridized carbons (Fsp3) is 0.265. The summed E-state index contributed by atoms with van der Waals surface area (Å²) in [6, 6.07) is 27.0. The molecular weight excluding hydrogens is 532 g/mol. The average molecular weight is 567 g/mol. The van der Waals surface area contributed by atoms with Gasteiger partial charge < -0.3 is 10.1 Å². The van der Waals surface area contributed by atoms with Crippen LogP contribution in [-0.2, 0) is 11.4 Å². The van der Waals surface area contributed by atoms with Gasteiger partial charge in [0, 0.05) is 28.9 Å². The minimum atomic E-state index is -0.369. The topological polar surface area (TPSA) is 79.9 Å². The second-order valence-electron chi connectivity index (χ2n) is 9.95. The Morgan fingerprint density at radius 2 is 1.80 bits per heavy atom. The van der Waals surface area contributed by atoms with Gasteiger partial charge in [-0.2, -0.15) is 10.4 Å². The summed E-state index contributed by atoms with van der Waals surface area (Å²) in [5, 5.41) is 18.4. The van der Waals surface area contributed by atoms with Crippen molar-refractivity contribution in [3.05, 3.63) is 107 Å². The summed E-state index contributed by atoms with van der Waals surface area (Å²) in [5.41, 5.74) is 4.12. The summed E-state index contributed by atoms with van der Waals surface area (Å²) in [7, 11) is 0. The van der Waals surface area contributed by atoms with Crippen LogP contribution in [-0.4, -0.2) is 22.2 Å². The zero-order valence-corrected chi connectivity index (χ0v) is 24.3. The van der Waals surface area contributed by atoms with Gasteiger partial charge in [-0.15, -0.1) is 0 Å². The Morgan fingerprint density at radius 3 is 2.46 bits per heavy atom. The molecule has 0 aliphatic rings. The highest BCUT2D eigenvalue weighted by atomic mass is 35.5. The minimum Gasteiger partial charge on any atom is -0.489 e. The number of nitrogens with zero attached hydrogens (tertiary/aromatic N) is 3. The molecule has 0 aliphatic carbocycles. The molecule has 1 N–H and O–H groups in total. The zero-order valence-electron chi connectivity index (χ0n) is 23.5. The molecule has 0 radical (unpaired) electrons. The monoisotopic (exact) mass is 566 g/mol. The standard InChI is InChI=1S/C34H35ClN4O2/c1-3-5-9-25(4-2)22-37-34(40)28(21-36)20-29-23-39(31-10-7-6-8-11-31)38-33(29)27-14-18-32(19-15-27)41-24-26-12-16-30(35)17-13-26/h6-8,10-20,23,25H,3-5,9,22,24H2,1-2H3,(H,37,40). The van der Waals surface area contributed by atoms with Crippen LogP contribution in [0.1, 0.15) is 50.7 Å². The van der Waals surface area contributed by atoms with Crippen LogP contribution in [0.3, 0.4) is 0 Å². The second-order valence-corrected chi connectivity index (χ2v) is 10.4. The molecule has 6 nitrogen and oxygen atoms in total. The number of aromatic nitrogens is 2. The van der Waals surface area contributed by atoms with E-state index in [0.717, 1.165) is 42.5 Å². The highest BCUT2D eigenvalue weighted by molar-refractivity contribution is 6.30. The molecule has 1 atom stereocenters. The van der Waals surface area contributed by atoms with Crippen molar-refractivity contribution in [3.8, 4) is 28.8 Å². The van der Waals surface area contributed by atoms with Gasteiger partial charge in [0.2, 0.25) is 0 Å². The molecule has 0 saturated heterocycles. The van der Waals surface area contributed by atoms with Gasteiger partial charge in [-0.3, -0.25) is 4.79 Å². The Morgan fingerprint density at radius 1 is 1.07 bits per heavy atom. The number of hydrogen-bond acceptors (Lipinski definition) is 4. The van der Waals surface area contributed by atoms with Crippen LogP contribution in [0.25, 0.3) is 23.0 Å². The van der Waals surface area contributed by atoms with E-state index in [9.17, 15) is 10.1 Å². The number of hydrogen-bond donors (Lipinski definition) is 1. The molecule has 7 heteroatoms. The first-order valence-corrected chi connectivity index (χ1v) is 14.4. The van der Waals surface area contributed by atoms with Crippen LogP contribution in [0, 0.1) is 17.2 Å². The minimum absolute atomic E-state index is 0.0483. The van der Waals surface area contributed by atoms with Crippen molar-refractivity contribution in [3.63, 3.8) is 0 Å². The van der Waals surface area contributed by atoms with Crippen LogP contribution in [0.2, 0.25) is 5.02 Å². The molecule has 1 amide bonds. The first-order chi connectivity index (χ1) is 20.0. The van der Waals surface area contributed by atoms with Crippen molar-refractivity contribution in [2.75, 3.05) is 6.54 Å². The molecule has 0 fully saturated rings. The Hall–Kier alpha value is -4.34. The fourth-order valence-electron chi connectivity index (χ4n) is 4.47. The third-order valence-electron chi connectivity index (χ3n) is 6.97. The lowest BCUT2D eigenvalue weighted by Gasteiger charge is -2.15. The van der Waals surface area contributed by atoms with Gasteiger partial charge in [0.1, 0.15) is 24.0 Å². The van der Waals surface area contributed by atoms with E-state index in [1.165, 1.54) is 0 Å². The average Bonchev–Trinajstić information content (AvgIpc) is 3.44. The molecule has 0 spiro atoms. The molecule has 41 heavy (non-hydrogen) atoms. The number of para-hydroxylation sites is 1. The Balaban J connectivity index is 1.57. The summed E-state index contributed by atoms with van der Waals surface area (Å²) in [5.74, 6) is 0.747. The van der Waals surface area contributed by atoms with Crippen LogP contribution in [0.15, 0.2) is 90.6 Å². The summed E-state index contributed by atoms with van der Waals surface area (Å²) in [4.78, 5) is 13.0. The number of nitriles is 1. The van der Waals surface area contributed by atoms with Crippen LogP contribution in [0.5, 0.6) is 5.75 Å². The lowest BCUT2D eigenvalue weighted by Crippen LogP contribution is -2.30. The largest absolute Gasteiger partial charge is 0.489 e. The SMILES string of the molecule is CCCCC(CC)CNC(=O)C(C#N)=Cc1cn(-c2ccccc2)nc1-c1ccc(OCc2ccc(Cl)cc2)cc1. The van der Waals surface area contributed by atoms with Crippen LogP contribution >= 0.6 is 11.6 Å². The Bertz CT molecular complexity index is 1490. The van der Waals surface area contributed by atoms with E-state index in [-0.39, 0.29) is 11.5 Å². The van der Waals surface area contributed by atoms with E-state index in [0.29, 0.717) is 41.1 Å². The van der Waals surface area contributed by atoms with Crippen molar-refractivity contribution in [1.82, 2.24) is 15.1 Å². The maximum atomic E-state index is 13.0. The number of ether oxygens (including phenoxy) is 1. The van der Waals surface area contributed by atoms with E-state index in [1.54, 1.807) is 10.8 Å². The van der Waals surface area contributed by atoms with E-state index in [1.807, 2.05) is 85.1 Å². The molecule has 0 bridgehead atoms. The van der Waals surface area contributed by atoms with Crippen LogP contribution < -0.4 is 10.1 Å². The summed E-state index contributed by atoms with van der Waals surface area (Å²) in [6.45, 7) is 5.27. The molecule has 4 aromatic rings.